The number of hydrogen-bond acceptors (Lipinski definition) is 3. The lowest BCUT2D eigenvalue weighted by molar-refractivity contribution is 0.338. The molecule has 0 aromatic rings. The van der Waals surface area contributed by atoms with Gasteiger partial charge in [-0.1, -0.05) is 6.92 Å². The average Bonchev–Trinajstić information content (AvgIpc) is 2.00. The van der Waals surface area contributed by atoms with E-state index in [4.69, 9.17) is 4.18 Å². The van der Waals surface area contributed by atoms with Gasteiger partial charge in [-0.2, -0.15) is 8.42 Å². The summed E-state index contributed by atoms with van der Waals surface area (Å²) in [6.45, 7) is 3.96. The van der Waals surface area contributed by atoms with E-state index in [0.29, 0.717) is 11.7 Å². The van der Waals surface area contributed by atoms with Crippen LogP contribution in [0.5, 0.6) is 0 Å². The van der Waals surface area contributed by atoms with Crippen molar-refractivity contribution in [1.29, 1.82) is 0 Å². The van der Waals surface area contributed by atoms with Crippen LogP contribution in [0.25, 0.3) is 0 Å². The van der Waals surface area contributed by atoms with Gasteiger partial charge in [0.1, 0.15) is 5.76 Å². The molecule has 0 saturated heterocycles. The molecule has 78 valence electrons. The minimum Gasteiger partial charge on any atom is -0.384 e. The van der Waals surface area contributed by atoms with Crippen molar-refractivity contribution < 1.29 is 12.6 Å². The molecule has 1 unspecified atom stereocenters. The minimum absolute atomic E-state index is 0.523. The molecule has 0 amide bonds. The Bertz CT molecular complexity index is 415. The zero-order valence-corrected chi connectivity index (χ0v) is 9.23. The zero-order valence-electron chi connectivity index (χ0n) is 8.41. The maximum atomic E-state index is 11.3. The summed E-state index contributed by atoms with van der Waals surface area (Å²) in [5.74, 6) is 1.19. The first-order valence-corrected chi connectivity index (χ1v) is 6.30. The normalized spacial score (nSPS) is 30.4. The summed E-state index contributed by atoms with van der Waals surface area (Å²) < 4.78 is 27.6. The van der Waals surface area contributed by atoms with Crippen molar-refractivity contribution in [2.45, 2.75) is 33.1 Å². The van der Waals surface area contributed by atoms with E-state index >= 15 is 0 Å². The van der Waals surface area contributed by atoms with Gasteiger partial charge in [0.2, 0.25) is 0 Å². The minimum atomic E-state index is -3.45. The molecular formula is C10H14O3S. The van der Waals surface area contributed by atoms with Crippen LogP contribution in [0.4, 0.5) is 0 Å². The van der Waals surface area contributed by atoms with Gasteiger partial charge in [0.15, 0.2) is 0 Å². The fourth-order valence-corrected chi connectivity index (χ4v) is 3.10. The SMILES string of the molecule is CC1=CS(=O)(=O)OC2=C1CCC(C)C2. The van der Waals surface area contributed by atoms with Crippen molar-refractivity contribution in [2.24, 2.45) is 5.92 Å². The van der Waals surface area contributed by atoms with Gasteiger partial charge in [-0.05, 0) is 36.8 Å². The van der Waals surface area contributed by atoms with Crippen molar-refractivity contribution in [3.63, 3.8) is 0 Å². The summed E-state index contributed by atoms with van der Waals surface area (Å²) in [5.41, 5.74) is 1.94. The Kier molecular flexibility index (Phi) is 2.18. The van der Waals surface area contributed by atoms with Crippen LogP contribution in [0.3, 0.4) is 0 Å². The van der Waals surface area contributed by atoms with Gasteiger partial charge in [0.25, 0.3) is 0 Å². The van der Waals surface area contributed by atoms with Crippen molar-refractivity contribution in [2.75, 3.05) is 0 Å². The van der Waals surface area contributed by atoms with Gasteiger partial charge >= 0.3 is 10.1 Å². The maximum absolute atomic E-state index is 11.3. The molecule has 14 heavy (non-hydrogen) atoms. The Balaban J connectivity index is 2.41. The van der Waals surface area contributed by atoms with E-state index in [1.54, 1.807) is 0 Å². The molecule has 1 atom stereocenters. The maximum Gasteiger partial charge on any atom is 0.332 e. The molecule has 0 radical (unpaired) electrons. The van der Waals surface area contributed by atoms with E-state index in [1.807, 2.05) is 6.92 Å². The van der Waals surface area contributed by atoms with Gasteiger partial charge < -0.3 is 4.18 Å². The van der Waals surface area contributed by atoms with Crippen molar-refractivity contribution in [1.82, 2.24) is 0 Å². The molecular weight excluding hydrogens is 200 g/mol. The van der Waals surface area contributed by atoms with Crippen LogP contribution in [-0.2, 0) is 14.3 Å². The number of hydrogen-bond donors (Lipinski definition) is 0. The van der Waals surface area contributed by atoms with Crippen LogP contribution in [0.1, 0.15) is 33.1 Å². The molecule has 1 heterocycles. The third-order valence-corrected chi connectivity index (χ3v) is 3.85. The Morgan fingerprint density at radius 3 is 2.93 bits per heavy atom. The molecule has 0 spiro atoms. The molecule has 0 saturated carbocycles. The fraction of sp³-hybridized carbons (Fsp3) is 0.600. The van der Waals surface area contributed by atoms with Gasteiger partial charge in [0, 0.05) is 6.42 Å². The summed E-state index contributed by atoms with van der Waals surface area (Å²) in [6.07, 6.45) is 2.81. The number of rotatable bonds is 0. The highest BCUT2D eigenvalue weighted by atomic mass is 32.2. The van der Waals surface area contributed by atoms with Crippen LogP contribution < -0.4 is 0 Å². The second-order valence-electron chi connectivity index (χ2n) is 4.13. The summed E-state index contributed by atoms with van der Waals surface area (Å²) in [7, 11) is -3.45. The Morgan fingerprint density at radius 1 is 1.50 bits per heavy atom. The van der Waals surface area contributed by atoms with E-state index in [-0.39, 0.29) is 0 Å². The molecule has 0 aromatic heterocycles. The Labute approximate surface area is 84.6 Å². The highest BCUT2D eigenvalue weighted by molar-refractivity contribution is 7.89. The average molecular weight is 214 g/mol. The molecule has 4 heteroatoms. The molecule has 0 N–H and O–H groups in total. The third-order valence-electron chi connectivity index (χ3n) is 2.77. The molecule has 0 bridgehead atoms. The van der Waals surface area contributed by atoms with E-state index in [1.165, 1.54) is 5.41 Å². The van der Waals surface area contributed by atoms with Gasteiger partial charge in [-0.15, -0.1) is 0 Å². The first kappa shape index (κ1) is 9.77. The van der Waals surface area contributed by atoms with Crippen LogP contribution in [0, 0.1) is 5.92 Å². The van der Waals surface area contributed by atoms with E-state index in [0.717, 1.165) is 30.4 Å². The standard InChI is InChI=1S/C10H14O3S/c1-7-3-4-9-8(2)6-14(11,12)13-10(9)5-7/h6-7H,3-5H2,1-2H3. The van der Waals surface area contributed by atoms with Gasteiger partial charge in [0.05, 0.1) is 5.41 Å². The largest absolute Gasteiger partial charge is 0.384 e. The predicted octanol–water partition coefficient (Wildman–Crippen LogP) is 2.32. The number of allylic oxidation sites excluding steroid dienone is 3. The lowest BCUT2D eigenvalue weighted by atomic mass is 9.87. The highest BCUT2D eigenvalue weighted by Crippen LogP contribution is 2.37. The molecule has 0 aromatic carbocycles. The summed E-state index contributed by atoms with van der Waals surface area (Å²) in [5, 5.41) is 1.22. The molecule has 3 nitrogen and oxygen atoms in total. The van der Waals surface area contributed by atoms with Crippen molar-refractivity contribution in [3.8, 4) is 0 Å². The van der Waals surface area contributed by atoms with Gasteiger partial charge in [-0.25, -0.2) is 0 Å². The van der Waals surface area contributed by atoms with Crippen molar-refractivity contribution in [3.05, 3.63) is 22.3 Å². The van der Waals surface area contributed by atoms with Crippen LogP contribution in [0.2, 0.25) is 0 Å². The van der Waals surface area contributed by atoms with E-state index < -0.39 is 10.1 Å². The molecule has 1 aliphatic heterocycles. The molecule has 1 aliphatic carbocycles. The lowest BCUT2D eigenvalue weighted by Crippen LogP contribution is -2.17. The van der Waals surface area contributed by atoms with E-state index in [2.05, 4.69) is 6.92 Å². The quantitative estimate of drug-likeness (QED) is 0.581. The second kappa shape index (κ2) is 3.12. The van der Waals surface area contributed by atoms with Crippen LogP contribution in [0.15, 0.2) is 22.3 Å². The molecule has 0 fully saturated rings. The lowest BCUT2D eigenvalue weighted by Gasteiger charge is -2.27. The fourth-order valence-electron chi connectivity index (χ4n) is 2.03. The molecule has 2 rings (SSSR count). The van der Waals surface area contributed by atoms with Crippen LogP contribution >= 0.6 is 0 Å². The Morgan fingerprint density at radius 2 is 2.21 bits per heavy atom. The molecule has 2 aliphatic rings. The topological polar surface area (TPSA) is 43.4 Å². The van der Waals surface area contributed by atoms with Gasteiger partial charge in [-0.3, -0.25) is 0 Å². The summed E-state index contributed by atoms with van der Waals surface area (Å²) >= 11 is 0. The van der Waals surface area contributed by atoms with Crippen molar-refractivity contribution >= 4 is 10.1 Å². The first-order valence-electron chi connectivity index (χ1n) is 4.83. The summed E-state index contributed by atoms with van der Waals surface area (Å²) in [4.78, 5) is 0. The third kappa shape index (κ3) is 1.71. The first-order chi connectivity index (χ1) is 6.48. The predicted molar refractivity (Wildman–Crippen MR) is 53.8 cm³/mol. The second-order valence-corrected chi connectivity index (χ2v) is 5.51. The Hall–Kier alpha value is -0.770. The highest BCUT2D eigenvalue weighted by Gasteiger charge is 2.28. The smallest absolute Gasteiger partial charge is 0.332 e. The van der Waals surface area contributed by atoms with E-state index in [9.17, 15) is 8.42 Å². The zero-order chi connectivity index (χ0) is 10.3. The monoisotopic (exact) mass is 214 g/mol. The van der Waals surface area contributed by atoms with Crippen LogP contribution in [-0.4, -0.2) is 8.42 Å². The summed E-state index contributed by atoms with van der Waals surface area (Å²) in [6, 6.07) is 0.